The molecule has 0 aliphatic heterocycles. The summed E-state index contributed by atoms with van der Waals surface area (Å²) < 4.78 is 29.8. The average molecular weight is 412 g/mol. The van der Waals surface area contributed by atoms with Gasteiger partial charge in [-0.05, 0) is 37.3 Å². The number of pyridine rings is 1. The van der Waals surface area contributed by atoms with Gasteiger partial charge in [0.05, 0.1) is 12.3 Å². The molecule has 0 saturated heterocycles. The SMILES string of the molecule is CCOc1ccccc1-c1cc(C(=O)NC/C=C/S(=O)(=O)c2ccccn2)[nH]n1. The van der Waals surface area contributed by atoms with Crippen LogP contribution in [0.3, 0.4) is 0 Å². The molecule has 150 valence electrons. The maximum atomic E-state index is 12.3. The zero-order chi connectivity index (χ0) is 20.7. The molecule has 2 aromatic heterocycles. The van der Waals surface area contributed by atoms with Gasteiger partial charge in [0, 0.05) is 23.7 Å². The molecule has 0 unspecified atom stereocenters. The smallest absolute Gasteiger partial charge is 0.269 e. The summed E-state index contributed by atoms with van der Waals surface area (Å²) in [6.07, 6.45) is 2.76. The summed E-state index contributed by atoms with van der Waals surface area (Å²) >= 11 is 0. The van der Waals surface area contributed by atoms with E-state index in [4.69, 9.17) is 4.74 Å². The topological polar surface area (TPSA) is 114 Å². The molecule has 2 heterocycles. The lowest BCUT2D eigenvalue weighted by Gasteiger charge is -2.07. The minimum atomic E-state index is -3.64. The summed E-state index contributed by atoms with van der Waals surface area (Å²) in [4.78, 5) is 16.1. The monoisotopic (exact) mass is 412 g/mol. The Morgan fingerprint density at radius 1 is 1.21 bits per heavy atom. The number of aromatic nitrogens is 3. The molecule has 29 heavy (non-hydrogen) atoms. The van der Waals surface area contributed by atoms with Crippen LogP contribution in [-0.2, 0) is 9.84 Å². The first kappa shape index (κ1) is 20.3. The Bertz CT molecular complexity index is 1110. The molecule has 0 fully saturated rings. The van der Waals surface area contributed by atoms with E-state index < -0.39 is 15.7 Å². The van der Waals surface area contributed by atoms with Gasteiger partial charge in [-0.1, -0.05) is 24.3 Å². The Morgan fingerprint density at radius 3 is 2.76 bits per heavy atom. The van der Waals surface area contributed by atoms with Crippen LogP contribution in [0.25, 0.3) is 11.3 Å². The minimum absolute atomic E-state index is 0.0365. The molecule has 0 radical (unpaired) electrons. The largest absolute Gasteiger partial charge is 0.493 e. The van der Waals surface area contributed by atoms with E-state index in [1.807, 2.05) is 31.2 Å². The third-order valence-corrected chi connectivity index (χ3v) is 5.25. The number of carbonyl (C=O) groups excluding carboxylic acids is 1. The van der Waals surface area contributed by atoms with E-state index >= 15 is 0 Å². The third kappa shape index (κ3) is 5.08. The second kappa shape index (κ2) is 9.16. The van der Waals surface area contributed by atoms with Crippen LogP contribution in [0.1, 0.15) is 17.4 Å². The summed E-state index contributed by atoms with van der Waals surface area (Å²) in [5.41, 5.74) is 1.60. The fourth-order valence-corrected chi connectivity index (χ4v) is 3.51. The average Bonchev–Trinajstić information content (AvgIpc) is 3.23. The van der Waals surface area contributed by atoms with Crippen molar-refractivity contribution in [3.63, 3.8) is 0 Å². The van der Waals surface area contributed by atoms with Gasteiger partial charge in [0.25, 0.3) is 5.91 Å². The molecule has 1 amide bonds. The first-order valence-electron chi connectivity index (χ1n) is 8.89. The summed E-state index contributed by atoms with van der Waals surface area (Å²) in [7, 11) is -3.64. The number of nitrogens with one attached hydrogen (secondary N) is 2. The fourth-order valence-electron chi connectivity index (χ4n) is 2.54. The van der Waals surface area contributed by atoms with Crippen LogP contribution in [0, 0.1) is 0 Å². The Morgan fingerprint density at radius 2 is 2.00 bits per heavy atom. The number of sulfone groups is 1. The molecular formula is C20H20N4O4S. The Labute approximate surface area is 168 Å². The maximum absolute atomic E-state index is 12.3. The number of ether oxygens (including phenoxy) is 1. The molecule has 2 N–H and O–H groups in total. The first-order chi connectivity index (χ1) is 14.0. The van der Waals surface area contributed by atoms with Crippen molar-refractivity contribution >= 4 is 15.7 Å². The lowest BCUT2D eigenvalue weighted by atomic mass is 10.1. The summed E-state index contributed by atoms with van der Waals surface area (Å²) in [6, 6.07) is 13.7. The number of hydrogen-bond donors (Lipinski definition) is 2. The minimum Gasteiger partial charge on any atom is -0.493 e. The molecule has 9 heteroatoms. The van der Waals surface area contributed by atoms with Crippen molar-refractivity contribution in [2.75, 3.05) is 13.2 Å². The second-order valence-corrected chi connectivity index (χ2v) is 7.67. The van der Waals surface area contributed by atoms with Crippen molar-refractivity contribution < 1.29 is 17.9 Å². The van der Waals surface area contributed by atoms with E-state index in [9.17, 15) is 13.2 Å². The quantitative estimate of drug-likeness (QED) is 0.588. The number of benzene rings is 1. The van der Waals surface area contributed by atoms with Crippen molar-refractivity contribution in [2.24, 2.45) is 0 Å². The van der Waals surface area contributed by atoms with Crippen LogP contribution in [0.15, 0.2) is 71.2 Å². The van der Waals surface area contributed by atoms with Gasteiger partial charge in [0.15, 0.2) is 5.03 Å². The summed E-state index contributed by atoms with van der Waals surface area (Å²) in [5, 5.41) is 10.4. The number of hydrogen-bond acceptors (Lipinski definition) is 6. The number of aromatic amines is 1. The van der Waals surface area contributed by atoms with Gasteiger partial charge in [0.1, 0.15) is 11.4 Å². The van der Waals surface area contributed by atoms with Crippen LogP contribution in [-0.4, -0.2) is 42.7 Å². The van der Waals surface area contributed by atoms with E-state index in [2.05, 4.69) is 20.5 Å². The molecule has 0 saturated carbocycles. The first-order valence-corrected chi connectivity index (χ1v) is 10.4. The van der Waals surface area contributed by atoms with Gasteiger partial charge in [-0.15, -0.1) is 0 Å². The highest BCUT2D eigenvalue weighted by Gasteiger charge is 2.14. The van der Waals surface area contributed by atoms with E-state index in [1.165, 1.54) is 18.3 Å². The molecule has 0 bridgehead atoms. The number of H-pyrrole nitrogens is 1. The summed E-state index contributed by atoms with van der Waals surface area (Å²) in [5.74, 6) is 0.272. The normalized spacial score (nSPS) is 11.5. The van der Waals surface area contributed by atoms with Crippen molar-refractivity contribution in [1.29, 1.82) is 0 Å². The molecule has 8 nitrogen and oxygen atoms in total. The molecule has 1 aromatic carbocycles. The Kier molecular flexibility index (Phi) is 6.40. The van der Waals surface area contributed by atoms with Gasteiger partial charge < -0.3 is 10.1 Å². The van der Waals surface area contributed by atoms with Crippen LogP contribution < -0.4 is 10.1 Å². The predicted octanol–water partition coefficient (Wildman–Crippen LogP) is 2.59. The van der Waals surface area contributed by atoms with E-state index in [1.54, 1.807) is 18.2 Å². The van der Waals surface area contributed by atoms with Crippen molar-refractivity contribution in [3.05, 3.63) is 71.9 Å². The number of carbonyl (C=O) groups is 1. The molecule has 0 spiro atoms. The number of para-hydroxylation sites is 1. The molecule has 0 aliphatic carbocycles. The van der Waals surface area contributed by atoms with Crippen LogP contribution in [0.4, 0.5) is 0 Å². The second-order valence-electron chi connectivity index (χ2n) is 5.89. The third-order valence-electron chi connectivity index (χ3n) is 3.87. The van der Waals surface area contributed by atoms with Crippen LogP contribution in [0.5, 0.6) is 5.75 Å². The highest BCUT2D eigenvalue weighted by molar-refractivity contribution is 7.94. The molecule has 0 aliphatic rings. The van der Waals surface area contributed by atoms with Crippen molar-refractivity contribution in [1.82, 2.24) is 20.5 Å². The highest BCUT2D eigenvalue weighted by Crippen LogP contribution is 2.28. The molecule has 0 atom stereocenters. The number of nitrogens with zero attached hydrogens (tertiary/aromatic N) is 2. The Balaban J connectivity index is 1.63. The highest BCUT2D eigenvalue weighted by atomic mass is 32.2. The number of amides is 1. The Hall–Kier alpha value is -3.46. The lowest BCUT2D eigenvalue weighted by Crippen LogP contribution is -2.23. The fraction of sp³-hybridized carbons (Fsp3) is 0.150. The van der Waals surface area contributed by atoms with Gasteiger partial charge >= 0.3 is 0 Å². The van der Waals surface area contributed by atoms with E-state index in [0.717, 1.165) is 11.0 Å². The maximum Gasteiger partial charge on any atom is 0.269 e. The zero-order valence-corrected chi connectivity index (χ0v) is 16.5. The van der Waals surface area contributed by atoms with Crippen LogP contribution in [0.2, 0.25) is 0 Å². The molecule has 3 rings (SSSR count). The lowest BCUT2D eigenvalue weighted by molar-refractivity contribution is 0.0953. The van der Waals surface area contributed by atoms with Crippen molar-refractivity contribution in [2.45, 2.75) is 11.9 Å². The number of rotatable bonds is 8. The van der Waals surface area contributed by atoms with E-state index in [-0.39, 0.29) is 17.3 Å². The molecular weight excluding hydrogens is 392 g/mol. The van der Waals surface area contributed by atoms with Gasteiger partial charge in [0.2, 0.25) is 9.84 Å². The van der Waals surface area contributed by atoms with Crippen LogP contribution >= 0.6 is 0 Å². The predicted molar refractivity (Wildman–Crippen MR) is 108 cm³/mol. The molecule has 3 aromatic rings. The van der Waals surface area contributed by atoms with Gasteiger partial charge in [-0.2, -0.15) is 5.10 Å². The van der Waals surface area contributed by atoms with Gasteiger partial charge in [-0.25, -0.2) is 13.4 Å². The van der Waals surface area contributed by atoms with Gasteiger partial charge in [-0.3, -0.25) is 9.89 Å². The van der Waals surface area contributed by atoms with Crippen molar-refractivity contribution in [3.8, 4) is 17.0 Å². The van der Waals surface area contributed by atoms with E-state index in [0.29, 0.717) is 18.1 Å². The standard InChI is InChI=1S/C20H20N4O4S/c1-2-28-18-9-4-3-8-15(18)16-14-17(24-23-16)20(25)22-12-7-13-29(26,27)19-10-5-6-11-21-19/h3-11,13-14H,2,12H2,1H3,(H,22,25)(H,23,24)/b13-7+. The zero-order valence-electron chi connectivity index (χ0n) is 15.7. The summed E-state index contributed by atoms with van der Waals surface area (Å²) in [6.45, 7) is 2.44.